The van der Waals surface area contributed by atoms with Crippen LogP contribution in [0.2, 0.25) is 0 Å². The molecule has 0 aromatic heterocycles. The summed E-state index contributed by atoms with van der Waals surface area (Å²) in [6.07, 6.45) is 2.09. The third-order valence-electron chi connectivity index (χ3n) is 2.29. The molecule has 0 atom stereocenters. The summed E-state index contributed by atoms with van der Waals surface area (Å²) in [6, 6.07) is 20.4. The number of benzene rings is 2. The summed E-state index contributed by atoms with van der Waals surface area (Å²) in [5, 5.41) is 0. The predicted molar refractivity (Wildman–Crippen MR) is 71.2 cm³/mol. The summed E-state index contributed by atoms with van der Waals surface area (Å²) in [6.45, 7) is 4.06. The van der Waals surface area contributed by atoms with Crippen molar-refractivity contribution >= 4 is 15.1 Å². The monoisotopic (exact) mass is 334 g/mol. The molecule has 2 aromatic carbocycles. The minimum atomic E-state index is 1.04. The van der Waals surface area contributed by atoms with Crippen molar-refractivity contribution in [2.45, 2.75) is 0 Å². The van der Waals surface area contributed by atoms with Crippen LogP contribution in [0.15, 0.2) is 67.2 Å². The molecule has 0 aliphatic heterocycles. The predicted octanol–water partition coefficient (Wildman–Crippen LogP) is 4.64. The molecule has 17 heavy (non-hydrogen) atoms. The van der Waals surface area contributed by atoms with Gasteiger partial charge in [0.25, 0.3) is 0 Å². The molecular formula is C15H13ClPd. The van der Waals surface area contributed by atoms with Gasteiger partial charge in [-0.05, 0) is 0 Å². The molecule has 2 heteroatoms. The summed E-state index contributed by atoms with van der Waals surface area (Å²) in [5.41, 5.74) is 3.40. The van der Waals surface area contributed by atoms with Gasteiger partial charge < -0.3 is 0 Å². The zero-order valence-corrected chi connectivity index (χ0v) is 11.6. The van der Waals surface area contributed by atoms with E-state index in [9.17, 15) is 0 Å². The number of hydrogen-bond acceptors (Lipinski definition) is 0. The normalized spacial score (nSPS) is 8.88. The molecule has 0 aliphatic rings. The van der Waals surface area contributed by atoms with E-state index in [0.29, 0.717) is 0 Å². The van der Waals surface area contributed by atoms with Gasteiger partial charge in [-0.1, -0.05) is 54.1 Å². The Morgan fingerprint density at radius 1 is 0.882 bits per heavy atom. The Kier molecular flexibility index (Phi) is 6.74. The fourth-order valence-electron chi connectivity index (χ4n) is 1.49. The van der Waals surface area contributed by atoms with Gasteiger partial charge in [0, 0.05) is 0 Å². The van der Waals surface area contributed by atoms with Gasteiger partial charge in [0.15, 0.2) is 0 Å². The quantitative estimate of drug-likeness (QED) is 0.566. The van der Waals surface area contributed by atoms with Gasteiger partial charge in [0.1, 0.15) is 0 Å². The number of rotatable bonds is 3. The van der Waals surface area contributed by atoms with E-state index in [-0.39, 0.29) is 0 Å². The van der Waals surface area contributed by atoms with E-state index in [1.807, 2.05) is 36.4 Å². The first-order valence-electron chi connectivity index (χ1n) is 5.12. The van der Waals surface area contributed by atoms with E-state index in [4.69, 9.17) is 0 Å². The van der Waals surface area contributed by atoms with Crippen LogP contribution in [0.25, 0.3) is 5.57 Å². The van der Waals surface area contributed by atoms with Crippen LogP contribution >= 0.6 is 9.53 Å². The van der Waals surface area contributed by atoms with Crippen molar-refractivity contribution in [2.75, 3.05) is 0 Å². The van der Waals surface area contributed by atoms with Crippen LogP contribution in [0.4, 0.5) is 0 Å². The summed E-state index contributed by atoms with van der Waals surface area (Å²) in [4.78, 5) is 0. The van der Waals surface area contributed by atoms with E-state index >= 15 is 0 Å². The standard InChI is InChI=1S/C15H13.ClH.Pd/c1-13(15-10-6-3-7-11-15)12-14-8-4-2-5-9-14;;/h2-12H,1H2;1H;/q-1;;+2/p-1. The topological polar surface area (TPSA) is 0 Å². The van der Waals surface area contributed by atoms with Crippen molar-refractivity contribution in [3.8, 4) is 0 Å². The molecule has 0 fully saturated rings. The van der Waals surface area contributed by atoms with Crippen molar-refractivity contribution in [3.05, 3.63) is 84.8 Å². The van der Waals surface area contributed by atoms with Crippen molar-refractivity contribution in [1.82, 2.24) is 0 Å². The zero-order valence-electron chi connectivity index (χ0n) is 9.25. The van der Waals surface area contributed by atoms with E-state index in [1.54, 1.807) is 0 Å². The molecule has 0 amide bonds. The second-order valence-corrected chi connectivity index (χ2v) is 3.45. The SMILES string of the molecule is C=C([CH-]c1ccccc1)c1ccccc1.[Cl][Pd+]. The molecule has 2 rings (SSSR count). The third-order valence-corrected chi connectivity index (χ3v) is 2.29. The van der Waals surface area contributed by atoms with Crippen LogP contribution in [-0.4, -0.2) is 0 Å². The van der Waals surface area contributed by atoms with E-state index < -0.39 is 0 Å². The molecule has 0 saturated heterocycles. The number of hydrogen-bond donors (Lipinski definition) is 0. The Morgan fingerprint density at radius 3 is 1.88 bits per heavy atom. The maximum atomic E-state index is 4.49. The molecule has 0 radical (unpaired) electrons. The Bertz CT molecular complexity index is 437. The van der Waals surface area contributed by atoms with Crippen molar-refractivity contribution < 1.29 is 18.2 Å². The first kappa shape index (κ1) is 14.1. The second-order valence-electron chi connectivity index (χ2n) is 3.45. The van der Waals surface area contributed by atoms with Gasteiger partial charge in [-0.2, -0.15) is 6.58 Å². The summed E-state index contributed by atoms with van der Waals surface area (Å²) < 4.78 is 0. The minimum absolute atomic E-state index is 1.04. The fourth-order valence-corrected chi connectivity index (χ4v) is 1.49. The van der Waals surface area contributed by atoms with Crippen LogP contribution in [0.3, 0.4) is 0 Å². The average Bonchev–Trinajstić information content (AvgIpc) is 2.43. The van der Waals surface area contributed by atoms with Crippen LogP contribution in [0.5, 0.6) is 0 Å². The number of halogens is 1. The molecule has 0 nitrogen and oxygen atoms in total. The van der Waals surface area contributed by atoms with E-state index in [0.717, 1.165) is 5.57 Å². The zero-order chi connectivity index (χ0) is 12.5. The van der Waals surface area contributed by atoms with Crippen LogP contribution < -0.4 is 0 Å². The van der Waals surface area contributed by atoms with Crippen LogP contribution in [0, 0.1) is 6.42 Å². The van der Waals surface area contributed by atoms with Gasteiger partial charge in [0.05, 0.1) is 0 Å². The number of allylic oxidation sites excluding steroid dienone is 1. The molecule has 0 aliphatic carbocycles. The molecule has 90 valence electrons. The van der Waals surface area contributed by atoms with Gasteiger partial charge in [0.2, 0.25) is 0 Å². The first-order valence-corrected chi connectivity index (χ1v) is 7.12. The molecule has 0 spiro atoms. The summed E-state index contributed by atoms with van der Waals surface area (Å²) in [5.74, 6) is 0. The molecule has 0 saturated carbocycles. The van der Waals surface area contributed by atoms with Crippen LogP contribution in [-0.2, 0) is 18.2 Å². The van der Waals surface area contributed by atoms with Crippen molar-refractivity contribution in [3.63, 3.8) is 0 Å². The molecular weight excluding hydrogens is 322 g/mol. The van der Waals surface area contributed by atoms with Crippen molar-refractivity contribution in [2.24, 2.45) is 0 Å². The van der Waals surface area contributed by atoms with Gasteiger partial charge in [-0.15, -0.1) is 29.7 Å². The summed E-state index contributed by atoms with van der Waals surface area (Å²) in [7, 11) is 4.49. The molecule has 2 aromatic rings. The summed E-state index contributed by atoms with van der Waals surface area (Å²) >= 11 is 2.22. The molecule has 0 bridgehead atoms. The van der Waals surface area contributed by atoms with Crippen LogP contribution in [0.1, 0.15) is 11.1 Å². The van der Waals surface area contributed by atoms with E-state index in [1.165, 1.54) is 11.1 Å². The Labute approximate surface area is 118 Å². The average molecular weight is 335 g/mol. The van der Waals surface area contributed by atoms with Gasteiger partial charge in [-0.25, -0.2) is 0 Å². The van der Waals surface area contributed by atoms with Gasteiger partial charge in [-0.3, -0.25) is 0 Å². The second kappa shape index (κ2) is 8.15. The van der Waals surface area contributed by atoms with E-state index in [2.05, 4.69) is 65.0 Å². The van der Waals surface area contributed by atoms with Crippen molar-refractivity contribution in [1.29, 1.82) is 0 Å². The van der Waals surface area contributed by atoms with Gasteiger partial charge >= 0.3 is 27.7 Å². The third kappa shape index (κ3) is 4.79. The molecule has 0 heterocycles. The Morgan fingerprint density at radius 2 is 1.35 bits per heavy atom. The first-order chi connectivity index (χ1) is 8.36. The maximum absolute atomic E-state index is 4.49. The fraction of sp³-hybridized carbons (Fsp3) is 0. The molecule has 0 unspecified atom stereocenters. The molecule has 0 N–H and O–H groups in total. The Hall–Kier alpha value is -0.998. The Balaban J connectivity index is 0.000000686.